The van der Waals surface area contributed by atoms with Crippen LogP contribution in [-0.2, 0) is 4.89 Å². The number of hydrogen-bond acceptors (Lipinski definition) is 3. The van der Waals surface area contributed by atoms with Crippen LogP contribution in [0.25, 0.3) is 0 Å². The number of para-hydroxylation sites is 1. The molecular formula is C10H13NO2. The van der Waals surface area contributed by atoms with Crippen molar-refractivity contribution in [3.63, 3.8) is 0 Å². The maximum absolute atomic E-state index is 5.06. The Labute approximate surface area is 77.6 Å². The molecule has 1 aliphatic rings. The summed E-state index contributed by atoms with van der Waals surface area (Å²) in [5.74, 6) is 0.819. The zero-order chi connectivity index (χ0) is 9.10. The molecule has 1 atom stereocenters. The Kier molecular flexibility index (Phi) is 2.47. The largest absolute Gasteiger partial charge is 0.337 e. The minimum Gasteiger partial charge on any atom is -0.337 e. The van der Waals surface area contributed by atoms with Crippen LogP contribution < -0.4 is 10.2 Å². The number of fused-ring (bicyclic) bond motifs is 1. The lowest BCUT2D eigenvalue weighted by Crippen LogP contribution is -2.29. The number of rotatable bonds is 2. The minimum absolute atomic E-state index is 0.259. The van der Waals surface area contributed by atoms with Crippen LogP contribution in [0.1, 0.15) is 18.5 Å². The van der Waals surface area contributed by atoms with Gasteiger partial charge in [0.1, 0.15) is 6.61 Å². The van der Waals surface area contributed by atoms with Crippen LogP contribution in [0, 0.1) is 0 Å². The van der Waals surface area contributed by atoms with Gasteiger partial charge in [-0.05, 0) is 12.6 Å². The fraction of sp³-hybridized carbons (Fsp3) is 0.400. The van der Waals surface area contributed by atoms with E-state index in [-0.39, 0.29) is 6.04 Å². The van der Waals surface area contributed by atoms with Crippen molar-refractivity contribution in [2.75, 3.05) is 13.2 Å². The summed E-state index contributed by atoms with van der Waals surface area (Å²) in [6.45, 7) is 3.59. The van der Waals surface area contributed by atoms with Crippen molar-refractivity contribution in [3.8, 4) is 5.75 Å². The Hall–Kier alpha value is -1.06. The van der Waals surface area contributed by atoms with Crippen molar-refractivity contribution in [3.05, 3.63) is 29.8 Å². The minimum atomic E-state index is 0.259. The first kappa shape index (κ1) is 8.53. The zero-order valence-corrected chi connectivity index (χ0v) is 7.62. The first-order valence-corrected chi connectivity index (χ1v) is 4.53. The molecule has 0 saturated carbocycles. The number of benzene rings is 1. The molecule has 3 nitrogen and oxygen atoms in total. The summed E-state index contributed by atoms with van der Waals surface area (Å²) >= 11 is 0. The molecule has 1 aromatic carbocycles. The third-order valence-corrected chi connectivity index (χ3v) is 2.13. The average Bonchev–Trinajstić information content (AvgIpc) is 2.19. The molecule has 0 fully saturated rings. The highest BCUT2D eigenvalue weighted by molar-refractivity contribution is 5.36. The van der Waals surface area contributed by atoms with Gasteiger partial charge < -0.3 is 10.2 Å². The van der Waals surface area contributed by atoms with E-state index >= 15 is 0 Å². The first-order chi connectivity index (χ1) is 6.42. The van der Waals surface area contributed by atoms with E-state index in [4.69, 9.17) is 9.78 Å². The van der Waals surface area contributed by atoms with Gasteiger partial charge in [-0.15, -0.1) is 0 Å². The summed E-state index contributed by atoms with van der Waals surface area (Å²) in [4.78, 5) is 10.1. The second kappa shape index (κ2) is 3.77. The summed E-state index contributed by atoms with van der Waals surface area (Å²) in [6.07, 6.45) is 0. The standard InChI is InChI=1S/C10H13NO2/c1-2-11-9-7-12-13-10-6-4-3-5-8(9)10/h3-6,9,11H,2,7H2,1H3. The van der Waals surface area contributed by atoms with Crippen molar-refractivity contribution in [2.24, 2.45) is 0 Å². The average molecular weight is 179 g/mol. The molecular weight excluding hydrogens is 166 g/mol. The van der Waals surface area contributed by atoms with E-state index in [0.29, 0.717) is 6.61 Å². The highest BCUT2D eigenvalue weighted by Gasteiger charge is 2.20. The van der Waals surface area contributed by atoms with Crippen LogP contribution in [0.2, 0.25) is 0 Å². The fourth-order valence-electron chi connectivity index (χ4n) is 1.51. The highest BCUT2D eigenvalue weighted by atomic mass is 17.2. The van der Waals surface area contributed by atoms with Gasteiger partial charge >= 0.3 is 0 Å². The maximum atomic E-state index is 5.06. The van der Waals surface area contributed by atoms with Crippen LogP contribution in [0.15, 0.2) is 24.3 Å². The molecule has 3 heteroatoms. The van der Waals surface area contributed by atoms with Gasteiger partial charge in [-0.1, -0.05) is 25.1 Å². The Morgan fingerprint density at radius 2 is 2.31 bits per heavy atom. The van der Waals surface area contributed by atoms with Crippen molar-refractivity contribution >= 4 is 0 Å². The lowest BCUT2D eigenvalue weighted by Gasteiger charge is -2.24. The first-order valence-electron chi connectivity index (χ1n) is 4.53. The molecule has 1 N–H and O–H groups in total. The van der Waals surface area contributed by atoms with Crippen molar-refractivity contribution in [1.82, 2.24) is 5.32 Å². The molecule has 0 radical (unpaired) electrons. The summed E-state index contributed by atoms with van der Waals surface area (Å²) in [7, 11) is 0. The van der Waals surface area contributed by atoms with Gasteiger partial charge in [-0.3, -0.25) is 0 Å². The van der Waals surface area contributed by atoms with E-state index in [9.17, 15) is 0 Å². The molecule has 0 amide bonds. The topological polar surface area (TPSA) is 30.5 Å². The summed E-state index contributed by atoms with van der Waals surface area (Å²) in [5.41, 5.74) is 1.18. The van der Waals surface area contributed by atoms with E-state index in [1.165, 1.54) is 5.56 Å². The van der Waals surface area contributed by atoms with Crippen LogP contribution >= 0.6 is 0 Å². The van der Waals surface area contributed by atoms with Crippen LogP contribution in [0.5, 0.6) is 5.75 Å². The van der Waals surface area contributed by atoms with Crippen molar-refractivity contribution in [2.45, 2.75) is 13.0 Å². The Morgan fingerprint density at radius 1 is 1.46 bits per heavy atom. The molecule has 0 spiro atoms. The van der Waals surface area contributed by atoms with E-state index < -0.39 is 0 Å². The van der Waals surface area contributed by atoms with Crippen molar-refractivity contribution in [1.29, 1.82) is 0 Å². The predicted molar refractivity (Wildman–Crippen MR) is 49.4 cm³/mol. The SMILES string of the molecule is CCNC1COOc2ccccc21. The number of hydrogen-bond donors (Lipinski definition) is 1. The normalized spacial score (nSPS) is 20.5. The van der Waals surface area contributed by atoms with Gasteiger partial charge in [0.25, 0.3) is 0 Å². The Balaban J connectivity index is 2.26. The van der Waals surface area contributed by atoms with Crippen LogP contribution in [-0.4, -0.2) is 13.2 Å². The molecule has 13 heavy (non-hydrogen) atoms. The van der Waals surface area contributed by atoms with E-state index in [2.05, 4.69) is 18.3 Å². The lowest BCUT2D eigenvalue weighted by atomic mass is 10.1. The smallest absolute Gasteiger partial charge is 0.170 e. The third kappa shape index (κ3) is 1.66. The molecule has 1 aliphatic heterocycles. The lowest BCUT2D eigenvalue weighted by molar-refractivity contribution is -0.223. The molecule has 0 saturated heterocycles. The molecule has 70 valence electrons. The summed E-state index contributed by atoms with van der Waals surface area (Å²) < 4.78 is 0. The molecule has 0 aliphatic carbocycles. The number of nitrogens with one attached hydrogen (secondary N) is 1. The second-order valence-corrected chi connectivity index (χ2v) is 3.02. The number of likely N-dealkylation sites (N-methyl/N-ethyl adjacent to an activating group) is 1. The molecule has 2 rings (SSSR count). The van der Waals surface area contributed by atoms with E-state index in [0.717, 1.165) is 12.3 Å². The summed E-state index contributed by atoms with van der Waals surface area (Å²) in [5, 5.41) is 3.34. The monoisotopic (exact) mass is 179 g/mol. The van der Waals surface area contributed by atoms with Crippen molar-refractivity contribution < 1.29 is 9.78 Å². The quantitative estimate of drug-likeness (QED) is 0.700. The van der Waals surface area contributed by atoms with Gasteiger partial charge in [-0.25, -0.2) is 0 Å². The summed E-state index contributed by atoms with van der Waals surface area (Å²) in [6, 6.07) is 8.19. The molecule has 1 unspecified atom stereocenters. The molecule has 1 aromatic rings. The van der Waals surface area contributed by atoms with Crippen LogP contribution in [0.3, 0.4) is 0 Å². The third-order valence-electron chi connectivity index (χ3n) is 2.13. The molecule has 0 aromatic heterocycles. The Morgan fingerprint density at radius 3 is 3.15 bits per heavy atom. The van der Waals surface area contributed by atoms with Gasteiger partial charge in [0.15, 0.2) is 5.75 Å². The van der Waals surface area contributed by atoms with E-state index in [1.807, 2.05) is 18.2 Å². The van der Waals surface area contributed by atoms with Gasteiger partial charge in [0.2, 0.25) is 0 Å². The predicted octanol–water partition coefficient (Wildman–Crippen LogP) is 1.66. The molecule has 1 heterocycles. The second-order valence-electron chi connectivity index (χ2n) is 3.02. The van der Waals surface area contributed by atoms with Gasteiger partial charge in [0, 0.05) is 5.56 Å². The van der Waals surface area contributed by atoms with Crippen LogP contribution in [0.4, 0.5) is 0 Å². The fourth-order valence-corrected chi connectivity index (χ4v) is 1.51. The van der Waals surface area contributed by atoms with Gasteiger partial charge in [0.05, 0.1) is 6.04 Å². The highest BCUT2D eigenvalue weighted by Crippen LogP contribution is 2.29. The van der Waals surface area contributed by atoms with Gasteiger partial charge in [-0.2, -0.15) is 4.89 Å². The van der Waals surface area contributed by atoms with E-state index in [1.54, 1.807) is 0 Å². The maximum Gasteiger partial charge on any atom is 0.170 e. The Bertz CT molecular complexity index is 288. The zero-order valence-electron chi connectivity index (χ0n) is 7.62. The molecule has 0 bridgehead atoms.